The monoisotopic (exact) mass is 216 g/mol. The molecule has 0 saturated carbocycles. The summed E-state index contributed by atoms with van der Waals surface area (Å²) in [5, 5.41) is 13.1. The van der Waals surface area contributed by atoms with Crippen LogP contribution in [0.2, 0.25) is 0 Å². The van der Waals surface area contributed by atoms with Gasteiger partial charge in [0.25, 0.3) is 0 Å². The van der Waals surface area contributed by atoms with Gasteiger partial charge in [0.15, 0.2) is 0 Å². The van der Waals surface area contributed by atoms with Crippen LogP contribution in [0.25, 0.3) is 0 Å². The van der Waals surface area contributed by atoms with Gasteiger partial charge in [-0.1, -0.05) is 27.7 Å². The average molecular weight is 216 g/mol. The van der Waals surface area contributed by atoms with E-state index in [0.717, 1.165) is 19.5 Å². The maximum absolute atomic E-state index is 9.84. The SMILES string of the molecule is CCC(C)N(CC)CC(O)CNC(C)C. The predicted molar refractivity (Wildman–Crippen MR) is 66.1 cm³/mol. The van der Waals surface area contributed by atoms with Crippen LogP contribution in [0, 0.1) is 0 Å². The van der Waals surface area contributed by atoms with Crippen LogP contribution in [0.3, 0.4) is 0 Å². The Morgan fingerprint density at radius 3 is 2.20 bits per heavy atom. The van der Waals surface area contributed by atoms with Gasteiger partial charge in [-0.15, -0.1) is 0 Å². The molecule has 2 atom stereocenters. The Bertz CT molecular complexity index is 151. The van der Waals surface area contributed by atoms with Crippen LogP contribution in [0.15, 0.2) is 0 Å². The topological polar surface area (TPSA) is 35.5 Å². The molecule has 0 aromatic rings. The highest BCUT2D eigenvalue weighted by Gasteiger charge is 2.14. The minimum atomic E-state index is -0.263. The molecule has 0 aliphatic rings. The van der Waals surface area contributed by atoms with E-state index in [-0.39, 0.29) is 6.10 Å². The van der Waals surface area contributed by atoms with Gasteiger partial charge in [0.1, 0.15) is 0 Å². The van der Waals surface area contributed by atoms with Gasteiger partial charge in [-0.05, 0) is 19.9 Å². The third-order valence-electron chi connectivity index (χ3n) is 2.83. The summed E-state index contributed by atoms with van der Waals surface area (Å²) in [6.07, 6.45) is 0.874. The molecule has 2 N–H and O–H groups in total. The van der Waals surface area contributed by atoms with Gasteiger partial charge in [0, 0.05) is 25.2 Å². The molecule has 2 unspecified atom stereocenters. The standard InChI is InChI=1S/C12H28N2O/c1-6-11(5)14(7-2)9-12(15)8-13-10(3)4/h10-13,15H,6-9H2,1-5H3. The van der Waals surface area contributed by atoms with Crippen LogP contribution in [0.5, 0.6) is 0 Å². The molecule has 0 saturated heterocycles. The van der Waals surface area contributed by atoms with E-state index in [0.29, 0.717) is 18.6 Å². The summed E-state index contributed by atoms with van der Waals surface area (Å²) in [6, 6.07) is 1.00. The van der Waals surface area contributed by atoms with Crippen molar-refractivity contribution in [1.82, 2.24) is 10.2 Å². The molecule has 0 bridgehead atoms. The molecule has 92 valence electrons. The third kappa shape index (κ3) is 6.88. The molecule has 0 aromatic carbocycles. The van der Waals surface area contributed by atoms with Crippen molar-refractivity contribution in [2.24, 2.45) is 0 Å². The highest BCUT2D eigenvalue weighted by molar-refractivity contribution is 4.71. The van der Waals surface area contributed by atoms with Gasteiger partial charge < -0.3 is 10.4 Å². The summed E-state index contributed by atoms with van der Waals surface area (Å²) in [5.74, 6) is 0. The summed E-state index contributed by atoms with van der Waals surface area (Å²) in [4.78, 5) is 2.33. The lowest BCUT2D eigenvalue weighted by Crippen LogP contribution is -2.43. The molecule has 15 heavy (non-hydrogen) atoms. The minimum Gasteiger partial charge on any atom is -0.390 e. The van der Waals surface area contributed by atoms with E-state index >= 15 is 0 Å². The largest absolute Gasteiger partial charge is 0.390 e. The molecule has 0 aromatic heterocycles. The zero-order chi connectivity index (χ0) is 11.8. The Hall–Kier alpha value is -0.120. The Morgan fingerprint density at radius 1 is 1.20 bits per heavy atom. The van der Waals surface area contributed by atoms with Gasteiger partial charge in [-0.2, -0.15) is 0 Å². The fraction of sp³-hybridized carbons (Fsp3) is 1.00. The van der Waals surface area contributed by atoms with Crippen LogP contribution >= 0.6 is 0 Å². The highest BCUT2D eigenvalue weighted by atomic mass is 16.3. The maximum atomic E-state index is 9.84. The van der Waals surface area contributed by atoms with E-state index in [2.05, 4.69) is 44.8 Å². The first-order chi connectivity index (χ1) is 7.01. The molecule has 3 nitrogen and oxygen atoms in total. The summed E-state index contributed by atoms with van der Waals surface area (Å²) in [7, 11) is 0. The zero-order valence-electron chi connectivity index (χ0n) is 11.0. The van der Waals surface area contributed by atoms with E-state index in [1.807, 2.05) is 0 Å². The van der Waals surface area contributed by atoms with E-state index in [9.17, 15) is 5.11 Å². The second-order valence-electron chi connectivity index (χ2n) is 4.56. The molecule has 0 heterocycles. The highest BCUT2D eigenvalue weighted by Crippen LogP contribution is 2.03. The molecule has 0 radical (unpaired) electrons. The summed E-state index contributed by atoms with van der Waals surface area (Å²) >= 11 is 0. The van der Waals surface area contributed by atoms with Crippen molar-refractivity contribution < 1.29 is 5.11 Å². The van der Waals surface area contributed by atoms with Gasteiger partial charge in [-0.25, -0.2) is 0 Å². The van der Waals surface area contributed by atoms with Gasteiger partial charge in [0.2, 0.25) is 0 Å². The third-order valence-corrected chi connectivity index (χ3v) is 2.83. The Labute approximate surface area is 94.9 Å². The first kappa shape index (κ1) is 14.9. The quantitative estimate of drug-likeness (QED) is 0.645. The molecule has 0 aliphatic heterocycles. The normalized spacial score (nSPS) is 16.0. The van der Waals surface area contributed by atoms with Crippen molar-refractivity contribution in [3.63, 3.8) is 0 Å². The van der Waals surface area contributed by atoms with Gasteiger partial charge >= 0.3 is 0 Å². The lowest BCUT2D eigenvalue weighted by Gasteiger charge is -2.29. The zero-order valence-corrected chi connectivity index (χ0v) is 11.0. The maximum Gasteiger partial charge on any atom is 0.0791 e. The van der Waals surface area contributed by atoms with Crippen molar-refractivity contribution in [2.75, 3.05) is 19.6 Å². The molecular weight excluding hydrogens is 188 g/mol. The lowest BCUT2D eigenvalue weighted by atomic mass is 10.2. The number of rotatable bonds is 8. The number of likely N-dealkylation sites (N-methyl/N-ethyl adjacent to an activating group) is 1. The predicted octanol–water partition coefficient (Wildman–Crippen LogP) is 1.47. The van der Waals surface area contributed by atoms with Crippen molar-refractivity contribution in [3.05, 3.63) is 0 Å². The van der Waals surface area contributed by atoms with Crippen molar-refractivity contribution in [3.8, 4) is 0 Å². The van der Waals surface area contributed by atoms with Gasteiger partial charge in [-0.3, -0.25) is 4.90 Å². The molecule has 0 rings (SSSR count). The Kier molecular flexibility index (Phi) is 8.02. The first-order valence-corrected chi connectivity index (χ1v) is 6.16. The average Bonchev–Trinajstić information content (AvgIpc) is 2.21. The molecule has 0 fully saturated rings. The Morgan fingerprint density at radius 2 is 1.80 bits per heavy atom. The van der Waals surface area contributed by atoms with Crippen LogP contribution in [-0.2, 0) is 0 Å². The van der Waals surface area contributed by atoms with E-state index in [1.54, 1.807) is 0 Å². The number of nitrogens with zero attached hydrogens (tertiary/aromatic N) is 1. The van der Waals surface area contributed by atoms with Crippen LogP contribution in [0.1, 0.15) is 41.0 Å². The van der Waals surface area contributed by atoms with Gasteiger partial charge in [0.05, 0.1) is 6.10 Å². The van der Waals surface area contributed by atoms with Crippen LogP contribution in [0.4, 0.5) is 0 Å². The summed E-state index contributed by atoms with van der Waals surface area (Å²) < 4.78 is 0. The van der Waals surface area contributed by atoms with E-state index in [1.165, 1.54) is 0 Å². The molecule has 0 spiro atoms. The second-order valence-corrected chi connectivity index (χ2v) is 4.56. The minimum absolute atomic E-state index is 0.263. The summed E-state index contributed by atoms with van der Waals surface area (Å²) in [5.41, 5.74) is 0. The fourth-order valence-corrected chi connectivity index (χ4v) is 1.59. The fourth-order valence-electron chi connectivity index (χ4n) is 1.59. The van der Waals surface area contributed by atoms with Crippen LogP contribution < -0.4 is 5.32 Å². The Balaban J connectivity index is 3.85. The number of hydrogen-bond donors (Lipinski definition) is 2. The van der Waals surface area contributed by atoms with Crippen LogP contribution in [-0.4, -0.2) is 47.8 Å². The molecule has 3 heteroatoms. The number of nitrogens with one attached hydrogen (secondary N) is 1. The lowest BCUT2D eigenvalue weighted by molar-refractivity contribution is 0.0912. The summed E-state index contributed by atoms with van der Waals surface area (Å²) in [6.45, 7) is 13.2. The van der Waals surface area contributed by atoms with Crippen molar-refractivity contribution >= 4 is 0 Å². The number of aliphatic hydroxyl groups is 1. The number of hydrogen-bond acceptors (Lipinski definition) is 3. The first-order valence-electron chi connectivity index (χ1n) is 6.16. The van der Waals surface area contributed by atoms with Crippen molar-refractivity contribution in [1.29, 1.82) is 0 Å². The van der Waals surface area contributed by atoms with E-state index < -0.39 is 0 Å². The molecular formula is C12H28N2O. The van der Waals surface area contributed by atoms with Crippen molar-refractivity contribution in [2.45, 2.75) is 59.2 Å². The number of aliphatic hydroxyl groups excluding tert-OH is 1. The van der Waals surface area contributed by atoms with E-state index in [4.69, 9.17) is 0 Å². The second kappa shape index (κ2) is 8.08. The molecule has 0 amide bonds. The smallest absolute Gasteiger partial charge is 0.0791 e. The molecule has 0 aliphatic carbocycles.